The molecule has 0 aromatic carbocycles. The fourth-order valence-corrected chi connectivity index (χ4v) is 4.03. The van der Waals surface area contributed by atoms with E-state index in [4.69, 9.17) is 0 Å². The van der Waals surface area contributed by atoms with Gasteiger partial charge in [0.1, 0.15) is 0 Å². The first-order valence-corrected chi connectivity index (χ1v) is 6.17. The number of rotatable bonds is 0. The lowest BCUT2D eigenvalue weighted by molar-refractivity contribution is 0.127. The summed E-state index contributed by atoms with van der Waals surface area (Å²) in [6.07, 6.45) is 10.6. The fourth-order valence-electron chi connectivity index (χ4n) is 4.03. The Kier molecular flexibility index (Phi) is 2.08. The van der Waals surface area contributed by atoms with Crippen molar-refractivity contribution < 1.29 is 0 Å². The summed E-state index contributed by atoms with van der Waals surface area (Å²) in [6.45, 7) is 1.29. The van der Waals surface area contributed by atoms with Gasteiger partial charge in [0.25, 0.3) is 0 Å². The average Bonchev–Trinajstić information content (AvgIpc) is 2.61. The van der Waals surface area contributed by atoms with E-state index >= 15 is 0 Å². The predicted octanol–water partition coefficient (Wildman–Crippen LogP) is 2.56. The van der Waals surface area contributed by atoms with Gasteiger partial charge in [0, 0.05) is 6.04 Å². The molecule has 0 spiro atoms. The zero-order valence-electron chi connectivity index (χ0n) is 8.47. The van der Waals surface area contributed by atoms with Crippen molar-refractivity contribution >= 4 is 0 Å². The van der Waals surface area contributed by atoms with Crippen LogP contribution in [0.25, 0.3) is 0 Å². The topological polar surface area (TPSA) is 12.0 Å². The molecule has 0 aromatic rings. The Morgan fingerprint density at radius 2 is 1.54 bits per heavy atom. The molecule has 2 saturated carbocycles. The predicted molar refractivity (Wildman–Crippen MR) is 54.6 cm³/mol. The second kappa shape index (κ2) is 3.27. The van der Waals surface area contributed by atoms with E-state index in [0.29, 0.717) is 0 Å². The number of nitrogens with one attached hydrogen (secondary N) is 1. The summed E-state index contributed by atoms with van der Waals surface area (Å²) in [6, 6.07) is 0.910. The highest BCUT2D eigenvalue weighted by atomic mass is 14.9. The largest absolute Gasteiger partial charge is 0.314 e. The van der Waals surface area contributed by atoms with Crippen molar-refractivity contribution in [2.24, 2.45) is 17.8 Å². The van der Waals surface area contributed by atoms with E-state index in [2.05, 4.69) is 5.32 Å². The van der Waals surface area contributed by atoms with Crippen LogP contribution < -0.4 is 5.32 Å². The molecule has 1 N–H and O–H groups in total. The van der Waals surface area contributed by atoms with Crippen molar-refractivity contribution in [3.05, 3.63) is 0 Å². The Morgan fingerprint density at radius 3 is 2.46 bits per heavy atom. The fraction of sp³-hybridized carbons (Fsp3) is 1.00. The first-order valence-electron chi connectivity index (χ1n) is 6.17. The molecule has 3 rings (SSSR count). The van der Waals surface area contributed by atoms with Gasteiger partial charge in [-0.1, -0.05) is 19.3 Å². The van der Waals surface area contributed by atoms with E-state index in [0.717, 1.165) is 23.8 Å². The van der Waals surface area contributed by atoms with Gasteiger partial charge in [0.2, 0.25) is 0 Å². The van der Waals surface area contributed by atoms with Crippen molar-refractivity contribution in [1.82, 2.24) is 5.32 Å². The molecule has 1 nitrogen and oxygen atoms in total. The van der Waals surface area contributed by atoms with Crippen LogP contribution in [0.1, 0.15) is 44.9 Å². The van der Waals surface area contributed by atoms with Crippen LogP contribution in [0.5, 0.6) is 0 Å². The third-order valence-corrected chi connectivity index (χ3v) is 4.71. The highest BCUT2D eigenvalue weighted by Gasteiger charge is 2.39. The molecule has 1 heteroatoms. The highest BCUT2D eigenvalue weighted by Crippen LogP contribution is 2.46. The van der Waals surface area contributed by atoms with Crippen LogP contribution >= 0.6 is 0 Å². The third kappa shape index (κ3) is 1.41. The van der Waals surface area contributed by atoms with E-state index in [1.807, 2.05) is 0 Å². The lowest BCUT2D eigenvalue weighted by Gasteiger charge is -2.42. The molecule has 1 saturated heterocycles. The van der Waals surface area contributed by atoms with Crippen LogP contribution in [0.3, 0.4) is 0 Å². The van der Waals surface area contributed by atoms with Gasteiger partial charge in [0.15, 0.2) is 0 Å². The molecule has 13 heavy (non-hydrogen) atoms. The molecule has 4 unspecified atom stereocenters. The first-order chi connectivity index (χ1) is 6.43. The molecule has 1 aliphatic heterocycles. The summed E-state index contributed by atoms with van der Waals surface area (Å²) >= 11 is 0. The number of piperidine rings is 1. The minimum absolute atomic E-state index is 0.910. The van der Waals surface area contributed by atoms with E-state index in [1.165, 1.54) is 38.6 Å². The molecular weight excluding hydrogens is 158 g/mol. The van der Waals surface area contributed by atoms with E-state index in [9.17, 15) is 0 Å². The molecule has 0 radical (unpaired) electrons. The maximum atomic E-state index is 3.73. The van der Waals surface area contributed by atoms with Crippen molar-refractivity contribution in [2.45, 2.75) is 51.0 Å². The van der Waals surface area contributed by atoms with E-state index < -0.39 is 0 Å². The van der Waals surface area contributed by atoms with E-state index in [1.54, 1.807) is 12.8 Å². The summed E-state index contributed by atoms with van der Waals surface area (Å²) in [7, 11) is 0. The van der Waals surface area contributed by atoms with Crippen LogP contribution in [-0.4, -0.2) is 12.6 Å². The van der Waals surface area contributed by atoms with Crippen molar-refractivity contribution in [2.75, 3.05) is 6.54 Å². The van der Waals surface area contributed by atoms with Gasteiger partial charge < -0.3 is 5.32 Å². The smallest absolute Gasteiger partial charge is 0.00981 e. The number of fused-ring (bicyclic) bond motifs is 2. The average molecular weight is 179 g/mol. The molecule has 0 bridgehead atoms. The van der Waals surface area contributed by atoms with Gasteiger partial charge in [-0.15, -0.1) is 0 Å². The minimum atomic E-state index is 0.910. The quantitative estimate of drug-likeness (QED) is 0.602. The summed E-state index contributed by atoms with van der Waals surface area (Å²) in [5, 5.41) is 3.73. The Hall–Kier alpha value is -0.0400. The normalized spacial score (nSPS) is 49.8. The monoisotopic (exact) mass is 179 g/mol. The van der Waals surface area contributed by atoms with Gasteiger partial charge in [-0.05, 0) is 50.0 Å². The molecule has 0 amide bonds. The zero-order valence-corrected chi connectivity index (χ0v) is 8.47. The van der Waals surface area contributed by atoms with Crippen LogP contribution in [0, 0.1) is 17.8 Å². The summed E-state index contributed by atoms with van der Waals surface area (Å²) < 4.78 is 0. The lowest BCUT2D eigenvalue weighted by Crippen LogP contribution is -2.46. The lowest BCUT2D eigenvalue weighted by atomic mass is 9.70. The molecule has 2 aliphatic carbocycles. The maximum absolute atomic E-state index is 3.73. The second-order valence-corrected chi connectivity index (χ2v) is 5.39. The van der Waals surface area contributed by atoms with Crippen molar-refractivity contribution in [3.8, 4) is 0 Å². The van der Waals surface area contributed by atoms with Gasteiger partial charge in [-0.25, -0.2) is 0 Å². The SMILES string of the molecule is C1CC2CC3CCCNC3CC2C1. The van der Waals surface area contributed by atoms with Crippen LogP contribution in [-0.2, 0) is 0 Å². The molecule has 3 fully saturated rings. The Labute approximate surface area is 81.3 Å². The van der Waals surface area contributed by atoms with Crippen molar-refractivity contribution in [3.63, 3.8) is 0 Å². The molecule has 3 aliphatic rings. The molecule has 74 valence electrons. The molecular formula is C12H21N. The Bertz CT molecular complexity index is 170. The van der Waals surface area contributed by atoms with Gasteiger partial charge in [0.05, 0.1) is 0 Å². The van der Waals surface area contributed by atoms with E-state index in [-0.39, 0.29) is 0 Å². The van der Waals surface area contributed by atoms with Crippen molar-refractivity contribution in [1.29, 1.82) is 0 Å². The van der Waals surface area contributed by atoms with Gasteiger partial charge >= 0.3 is 0 Å². The summed E-state index contributed by atoms with van der Waals surface area (Å²) in [4.78, 5) is 0. The summed E-state index contributed by atoms with van der Waals surface area (Å²) in [5.74, 6) is 3.28. The number of hydrogen-bond donors (Lipinski definition) is 1. The summed E-state index contributed by atoms with van der Waals surface area (Å²) in [5.41, 5.74) is 0. The molecule has 0 aromatic heterocycles. The minimum Gasteiger partial charge on any atom is -0.314 e. The maximum Gasteiger partial charge on any atom is 0.00981 e. The molecule has 1 heterocycles. The van der Waals surface area contributed by atoms with Crippen LogP contribution in [0.4, 0.5) is 0 Å². The third-order valence-electron chi connectivity index (χ3n) is 4.71. The second-order valence-electron chi connectivity index (χ2n) is 5.39. The Morgan fingerprint density at radius 1 is 0.769 bits per heavy atom. The van der Waals surface area contributed by atoms with Gasteiger partial charge in [-0.2, -0.15) is 0 Å². The standard InChI is InChI=1S/C12H21N/c1-3-9-7-11-5-2-6-13-12(11)8-10(9)4-1/h9-13H,1-8H2. The Balaban J connectivity index is 1.71. The van der Waals surface area contributed by atoms with Crippen LogP contribution in [0.2, 0.25) is 0 Å². The van der Waals surface area contributed by atoms with Crippen LogP contribution in [0.15, 0.2) is 0 Å². The zero-order chi connectivity index (χ0) is 8.67. The van der Waals surface area contributed by atoms with Gasteiger partial charge in [-0.3, -0.25) is 0 Å². The number of hydrogen-bond acceptors (Lipinski definition) is 1. The molecule has 4 atom stereocenters. The highest BCUT2D eigenvalue weighted by molar-refractivity contribution is 4.94. The first kappa shape index (κ1) is 8.28.